The van der Waals surface area contributed by atoms with Crippen LogP contribution in [0.15, 0.2) is 97.1 Å². The van der Waals surface area contributed by atoms with E-state index in [1.807, 2.05) is 0 Å². The zero-order chi connectivity index (χ0) is 36.1. The molecule has 256 valence electrons. The highest BCUT2D eigenvalue weighted by Crippen LogP contribution is 2.46. The fourth-order valence-electron chi connectivity index (χ4n) is 8.17. The van der Waals surface area contributed by atoms with Gasteiger partial charge in [0, 0.05) is 34.1 Å². The summed E-state index contributed by atoms with van der Waals surface area (Å²) < 4.78 is 0. The minimum absolute atomic E-state index is 0.000802. The molecule has 2 aliphatic heterocycles. The maximum Gasteiger partial charge on any atom is 0.252 e. The number of anilines is 6. The van der Waals surface area contributed by atoms with E-state index in [9.17, 15) is 0 Å². The molecule has 0 bridgehead atoms. The minimum atomic E-state index is 0.000802. The number of benzene rings is 5. The first-order valence-corrected chi connectivity index (χ1v) is 18.5. The van der Waals surface area contributed by atoms with Gasteiger partial charge >= 0.3 is 0 Å². The van der Waals surface area contributed by atoms with E-state index in [4.69, 9.17) is 0 Å². The fraction of sp³-hybridized carbons (Fsp3) is 0.362. The molecule has 2 nitrogen and oxygen atoms in total. The van der Waals surface area contributed by atoms with Crippen molar-refractivity contribution in [2.24, 2.45) is 0 Å². The molecule has 0 saturated carbocycles. The Kier molecular flexibility index (Phi) is 7.80. The van der Waals surface area contributed by atoms with Gasteiger partial charge in [-0.2, -0.15) is 0 Å². The second-order valence-corrected chi connectivity index (χ2v) is 18.9. The van der Waals surface area contributed by atoms with Crippen LogP contribution < -0.4 is 26.2 Å². The van der Waals surface area contributed by atoms with Crippen LogP contribution in [0.5, 0.6) is 0 Å². The van der Waals surface area contributed by atoms with Crippen molar-refractivity contribution >= 4 is 57.2 Å². The number of hydrogen-bond donors (Lipinski definition) is 0. The molecule has 0 saturated heterocycles. The van der Waals surface area contributed by atoms with Gasteiger partial charge in [0.1, 0.15) is 0 Å². The lowest BCUT2D eigenvalue weighted by Gasteiger charge is -2.45. The highest BCUT2D eigenvalue weighted by atomic mass is 15.2. The molecule has 7 rings (SSSR count). The van der Waals surface area contributed by atoms with E-state index in [0.717, 1.165) is 0 Å². The fourth-order valence-corrected chi connectivity index (χ4v) is 8.17. The molecule has 0 unspecified atom stereocenters. The number of hydrogen-bond acceptors (Lipinski definition) is 2. The molecule has 5 aromatic rings. The predicted molar refractivity (Wildman–Crippen MR) is 220 cm³/mol. The van der Waals surface area contributed by atoms with Crippen LogP contribution in [0.1, 0.15) is 111 Å². The van der Waals surface area contributed by atoms with Gasteiger partial charge in [-0.3, -0.25) is 0 Å². The van der Waals surface area contributed by atoms with Gasteiger partial charge in [0.2, 0.25) is 0 Å². The van der Waals surface area contributed by atoms with E-state index in [1.165, 1.54) is 78.3 Å². The molecular weight excluding hydrogens is 603 g/mol. The lowest BCUT2D eigenvalue weighted by molar-refractivity contribution is 0.530. The average molecular weight is 659 g/mol. The summed E-state index contributed by atoms with van der Waals surface area (Å²) in [6, 6.07) is 37.7. The van der Waals surface area contributed by atoms with E-state index in [2.05, 4.69) is 197 Å². The highest BCUT2D eigenvalue weighted by molar-refractivity contribution is 7.00. The van der Waals surface area contributed by atoms with E-state index in [-0.39, 0.29) is 28.4 Å². The lowest BCUT2D eigenvalue weighted by Crippen LogP contribution is -2.61. The number of fused-ring (bicyclic) bond motifs is 4. The summed E-state index contributed by atoms with van der Waals surface area (Å²) in [4.78, 5) is 5.09. The van der Waals surface area contributed by atoms with E-state index >= 15 is 0 Å². The van der Waals surface area contributed by atoms with Crippen molar-refractivity contribution in [1.82, 2.24) is 0 Å². The quantitative estimate of drug-likeness (QED) is 0.171. The van der Waals surface area contributed by atoms with Crippen LogP contribution in [0.2, 0.25) is 0 Å². The van der Waals surface area contributed by atoms with Gasteiger partial charge in [-0.1, -0.05) is 132 Å². The standard InChI is InChI=1S/C47H55BN2/c1-30-26-41-43-42(27-30)50(34-23-24-35(46(8,9)10)36(29-34)47(11,12)13)39-17-15-14-16-37(39)48(43)38-28-32(45(5,6)7)20-25-40(38)49(41)33-21-18-31(19-22-33)44(2,3)4/h14-29H,1-13H3. The Labute approximate surface area is 302 Å². The van der Waals surface area contributed by atoms with Crippen molar-refractivity contribution in [2.45, 2.75) is 112 Å². The van der Waals surface area contributed by atoms with E-state index in [0.29, 0.717) is 0 Å². The van der Waals surface area contributed by atoms with Crippen LogP contribution >= 0.6 is 0 Å². The maximum atomic E-state index is 2.55. The molecule has 50 heavy (non-hydrogen) atoms. The third-order valence-electron chi connectivity index (χ3n) is 10.9. The molecule has 0 atom stereocenters. The van der Waals surface area contributed by atoms with Gasteiger partial charge in [-0.25, -0.2) is 0 Å². The molecule has 0 spiro atoms. The van der Waals surface area contributed by atoms with Crippen LogP contribution in [0.4, 0.5) is 34.1 Å². The summed E-state index contributed by atoms with van der Waals surface area (Å²) in [6.07, 6.45) is 0. The molecule has 2 aliphatic rings. The van der Waals surface area contributed by atoms with Gasteiger partial charge in [0.15, 0.2) is 0 Å². The van der Waals surface area contributed by atoms with Crippen LogP contribution in [0.25, 0.3) is 0 Å². The molecular formula is C47H55BN2. The summed E-state index contributed by atoms with van der Waals surface area (Å²) in [5, 5.41) is 0. The van der Waals surface area contributed by atoms with Crippen molar-refractivity contribution in [2.75, 3.05) is 9.80 Å². The average Bonchev–Trinajstić information content (AvgIpc) is 3.02. The summed E-state index contributed by atoms with van der Waals surface area (Å²) >= 11 is 0. The number of aryl methyl sites for hydroxylation is 1. The Hall–Kier alpha value is -4.24. The Morgan fingerprint density at radius 3 is 1.52 bits per heavy atom. The molecule has 0 radical (unpaired) electrons. The van der Waals surface area contributed by atoms with Gasteiger partial charge in [0.05, 0.1) is 0 Å². The van der Waals surface area contributed by atoms with Crippen molar-refractivity contribution in [1.29, 1.82) is 0 Å². The SMILES string of the molecule is Cc1cc2c3c(c1)N(c1ccc(C(C)(C)C)cc1)c1ccc(C(C)(C)C)cc1B3c1ccccc1N2c1ccc(C(C)(C)C)c(C(C)(C)C)c1. The topological polar surface area (TPSA) is 6.48 Å². The van der Waals surface area contributed by atoms with E-state index < -0.39 is 0 Å². The Balaban J connectivity index is 1.55. The first-order valence-electron chi connectivity index (χ1n) is 18.5. The van der Waals surface area contributed by atoms with Gasteiger partial charge < -0.3 is 9.80 Å². The predicted octanol–water partition coefficient (Wildman–Crippen LogP) is 11.3. The number of para-hydroxylation sites is 1. The lowest BCUT2D eigenvalue weighted by atomic mass is 9.33. The zero-order valence-electron chi connectivity index (χ0n) is 32.7. The third-order valence-corrected chi connectivity index (χ3v) is 10.9. The second-order valence-electron chi connectivity index (χ2n) is 18.9. The summed E-state index contributed by atoms with van der Waals surface area (Å²) in [5.41, 5.74) is 18.6. The number of nitrogens with zero attached hydrogens (tertiary/aromatic N) is 2. The van der Waals surface area contributed by atoms with Crippen molar-refractivity contribution in [3.63, 3.8) is 0 Å². The van der Waals surface area contributed by atoms with Crippen LogP contribution in [-0.2, 0) is 21.7 Å². The summed E-state index contributed by atoms with van der Waals surface area (Å²) in [6.45, 7) is 30.3. The summed E-state index contributed by atoms with van der Waals surface area (Å²) in [5.74, 6) is 0. The molecule has 0 aliphatic carbocycles. The van der Waals surface area contributed by atoms with Crippen molar-refractivity contribution in [3.05, 3.63) is 125 Å². The molecule has 3 heteroatoms. The Morgan fingerprint density at radius 1 is 0.420 bits per heavy atom. The summed E-state index contributed by atoms with van der Waals surface area (Å²) in [7, 11) is 0. The minimum Gasteiger partial charge on any atom is -0.311 e. The van der Waals surface area contributed by atoms with Crippen molar-refractivity contribution in [3.8, 4) is 0 Å². The third kappa shape index (κ3) is 5.67. The molecule has 0 aromatic heterocycles. The van der Waals surface area contributed by atoms with Crippen LogP contribution in [0, 0.1) is 6.92 Å². The highest BCUT2D eigenvalue weighted by Gasteiger charge is 2.44. The molecule has 2 heterocycles. The van der Waals surface area contributed by atoms with Crippen LogP contribution in [-0.4, -0.2) is 6.71 Å². The monoisotopic (exact) mass is 658 g/mol. The molecule has 0 amide bonds. The van der Waals surface area contributed by atoms with Gasteiger partial charge in [0.25, 0.3) is 6.71 Å². The first kappa shape index (κ1) is 34.2. The van der Waals surface area contributed by atoms with Crippen LogP contribution in [0.3, 0.4) is 0 Å². The van der Waals surface area contributed by atoms with Crippen molar-refractivity contribution < 1.29 is 0 Å². The largest absolute Gasteiger partial charge is 0.311 e. The van der Waals surface area contributed by atoms with Gasteiger partial charge in [-0.05, 0) is 121 Å². The first-order chi connectivity index (χ1) is 23.2. The van der Waals surface area contributed by atoms with E-state index in [1.54, 1.807) is 0 Å². The molecule has 5 aromatic carbocycles. The zero-order valence-corrected chi connectivity index (χ0v) is 32.7. The van der Waals surface area contributed by atoms with Gasteiger partial charge in [-0.15, -0.1) is 0 Å². The maximum absolute atomic E-state index is 2.55. The molecule has 0 fully saturated rings. The Morgan fingerprint density at radius 2 is 0.940 bits per heavy atom. The Bertz CT molecular complexity index is 2110. The smallest absolute Gasteiger partial charge is 0.252 e. The normalized spacial score (nSPS) is 14.4. The number of rotatable bonds is 2. The molecule has 0 N–H and O–H groups in total. The second kappa shape index (κ2) is 11.4.